The third kappa shape index (κ3) is 3.72. The van der Waals surface area contributed by atoms with E-state index >= 15 is 0 Å². The predicted molar refractivity (Wildman–Crippen MR) is 76.7 cm³/mol. The summed E-state index contributed by atoms with van der Waals surface area (Å²) in [5.41, 5.74) is 1.08. The van der Waals surface area contributed by atoms with Gasteiger partial charge in [-0.15, -0.1) is 9.93 Å². The summed E-state index contributed by atoms with van der Waals surface area (Å²) in [7, 11) is -2.25. The van der Waals surface area contributed by atoms with Crippen LogP contribution in [0.2, 0.25) is 0 Å². The van der Waals surface area contributed by atoms with Gasteiger partial charge in [-0.3, -0.25) is 0 Å². The Morgan fingerprint density at radius 3 is 2.29 bits per heavy atom. The van der Waals surface area contributed by atoms with Crippen LogP contribution in [0, 0.1) is 6.92 Å². The van der Waals surface area contributed by atoms with Crippen molar-refractivity contribution in [1.82, 2.24) is 5.32 Å². The van der Waals surface area contributed by atoms with Crippen molar-refractivity contribution >= 4 is 18.8 Å². The summed E-state index contributed by atoms with van der Waals surface area (Å²) >= 11 is 0. The second-order valence-corrected chi connectivity index (χ2v) is 10.4. The topological polar surface area (TPSA) is 46.2 Å². The number of rotatable bonds is 6. The Bertz CT molecular complexity index is 440. The first-order valence-electron chi connectivity index (χ1n) is 5.73. The van der Waals surface area contributed by atoms with Gasteiger partial charge in [-0.25, -0.2) is 8.42 Å². The maximum atomic E-state index is 12.4. The van der Waals surface area contributed by atoms with Crippen LogP contribution in [-0.2, 0) is 8.87 Å². The first kappa shape index (κ1) is 14.5. The van der Waals surface area contributed by atoms with E-state index in [0.29, 0.717) is 10.6 Å². The number of benzene rings is 1. The Balaban J connectivity index is 2.95. The molecule has 1 aromatic rings. The fourth-order valence-corrected chi connectivity index (χ4v) is 6.97. The zero-order valence-corrected chi connectivity index (χ0v) is 12.3. The van der Waals surface area contributed by atoms with E-state index in [1.807, 2.05) is 33.0 Å². The van der Waals surface area contributed by atoms with Gasteiger partial charge in [-0.2, -0.15) is 0 Å². The lowest BCUT2D eigenvalue weighted by atomic mass is 10.2. The Hall–Kier alpha value is -0.520. The van der Waals surface area contributed by atoms with Crippen molar-refractivity contribution in [2.75, 3.05) is 25.1 Å². The van der Waals surface area contributed by atoms with E-state index in [4.69, 9.17) is 0 Å². The first-order chi connectivity index (χ1) is 8.02. The average molecular weight is 275 g/mol. The molecule has 1 rings (SSSR count). The number of nitrogens with one attached hydrogen (secondary N) is 1. The average Bonchev–Trinajstić information content (AvgIpc) is 2.30. The van der Waals surface area contributed by atoms with Gasteiger partial charge in [0.1, 0.15) is 0 Å². The van der Waals surface area contributed by atoms with Gasteiger partial charge in [-0.1, -0.05) is 24.6 Å². The van der Waals surface area contributed by atoms with Crippen molar-refractivity contribution in [3.05, 3.63) is 29.8 Å². The minimum Gasteiger partial charge on any atom is -0.319 e. The van der Waals surface area contributed by atoms with Crippen molar-refractivity contribution in [2.24, 2.45) is 0 Å². The van der Waals surface area contributed by atoms with E-state index in [0.717, 1.165) is 17.9 Å². The van der Waals surface area contributed by atoms with E-state index in [2.05, 4.69) is 5.32 Å². The third-order valence-electron chi connectivity index (χ3n) is 2.62. The van der Waals surface area contributed by atoms with Crippen LogP contribution in [0.1, 0.15) is 12.5 Å². The molecule has 0 spiro atoms. The maximum absolute atomic E-state index is 12.4. The summed E-state index contributed by atoms with van der Waals surface area (Å²) in [5, 5.41) is 3.02. The monoisotopic (exact) mass is 275 g/mol. The molecular formula is C12H21NO2S2. The predicted octanol–water partition coefficient (Wildman–Crippen LogP) is 1.92. The normalized spacial score (nSPS) is 14.6. The SMILES string of the molecule is CC[SH](CCNC)S(=O)(=O)c1ccc(C)cc1. The molecule has 0 amide bonds. The van der Waals surface area contributed by atoms with Crippen molar-refractivity contribution in [3.63, 3.8) is 0 Å². The third-order valence-corrected chi connectivity index (χ3v) is 9.59. The highest BCUT2D eigenvalue weighted by molar-refractivity contribution is 8.81. The summed E-state index contributed by atoms with van der Waals surface area (Å²) in [6.45, 7) is 4.66. The highest BCUT2D eigenvalue weighted by Gasteiger charge is 2.21. The lowest BCUT2D eigenvalue weighted by molar-refractivity contribution is 0.610. The van der Waals surface area contributed by atoms with Gasteiger partial charge >= 0.3 is 0 Å². The smallest absolute Gasteiger partial charge is 0.210 e. The molecule has 0 aliphatic carbocycles. The molecular weight excluding hydrogens is 254 g/mol. The second-order valence-electron chi connectivity index (χ2n) is 3.91. The van der Waals surface area contributed by atoms with E-state index < -0.39 is 18.8 Å². The largest absolute Gasteiger partial charge is 0.319 e. The lowest BCUT2D eigenvalue weighted by Gasteiger charge is -2.20. The van der Waals surface area contributed by atoms with Crippen LogP contribution in [0.4, 0.5) is 0 Å². The van der Waals surface area contributed by atoms with Crippen LogP contribution in [0.5, 0.6) is 0 Å². The summed E-state index contributed by atoms with van der Waals surface area (Å²) in [4.78, 5) is 0.465. The molecule has 0 heterocycles. The molecule has 1 aromatic carbocycles. The molecule has 1 unspecified atom stereocenters. The van der Waals surface area contributed by atoms with Crippen molar-refractivity contribution < 1.29 is 8.42 Å². The van der Waals surface area contributed by atoms with Crippen molar-refractivity contribution in [1.29, 1.82) is 0 Å². The summed E-state index contributed by atoms with van der Waals surface area (Å²) in [6, 6.07) is 7.15. The highest BCUT2D eigenvalue weighted by Crippen LogP contribution is 2.37. The van der Waals surface area contributed by atoms with Gasteiger partial charge in [0, 0.05) is 12.3 Å². The Kier molecular flexibility index (Phi) is 5.49. The summed E-state index contributed by atoms with van der Waals surface area (Å²) in [5.74, 6) is 1.44. The fraction of sp³-hybridized carbons (Fsp3) is 0.500. The van der Waals surface area contributed by atoms with Crippen LogP contribution < -0.4 is 5.32 Å². The molecule has 0 saturated heterocycles. The zero-order chi connectivity index (χ0) is 12.9. The molecule has 0 aromatic heterocycles. The minimum absolute atomic E-state index is 0.465. The minimum atomic E-state index is -3.12. The van der Waals surface area contributed by atoms with Crippen LogP contribution in [0.3, 0.4) is 0 Å². The van der Waals surface area contributed by atoms with Gasteiger partial charge in [0.15, 0.2) is 0 Å². The van der Waals surface area contributed by atoms with Gasteiger partial charge in [0.05, 0.1) is 4.90 Å². The lowest BCUT2D eigenvalue weighted by Crippen LogP contribution is -2.16. The fourth-order valence-electron chi connectivity index (χ4n) is 1.54. The molecule has 0 aliphatic heterocycles. The number of thiol groups is 1. The molecule has 1 N–H and O–H groups in total. The standard InChI is InChI=1S/C12H21NO2S2/c1-4-16(10-9-13-3)17(14,15)12-7-5-11(2)6-8-12/h5-8,13,16H,4,9-10H2,1-3H3. The summed E-state index contributed by atoms with van der Waals surface area (Å²) in [6.07, 6.45) is 0. The second kappa shape index (κ2) is 6.42. The van der Waals surface area contributed by atoms with Crippen LogP contribution in [0.15, 0.2) is 29.2 Å². The van der Waals surface area contributed by atoms with Crippen LogP contribution in [-0.4, -0.2) is 33.5 Å². The molecule has 3 nitrogen and oxygen atoms in total. The molecule has 5 heteroatoms. The van der Waals surface area contributed by atoms with Crippen LogP contribution >= 0.6 is 9.93 Å². The molecule has 0 fully saturated rings. The highest BCUT2D eigenvalue weighted by atomic mass is 33.2. The van der Waals surface area contributed by atoms with E-state index in [1.54, 1.807) is 12.1 Å². The zero-order valence-electron chi connectivity index (χ0n) is 10.6. The van der Waals surface area contributed by atoms with E-state index in [9.17, 15) is 8.42 Å². The number of hydrogen-bond acceptors (Lipinski definition) is 3. The Labute approximate surface area is 106 Å². The molecule has 98 valence electrons. The van der Waals surface area contributed by atoms with Crippen molar-refractivity contribution in [2.45, 2.75) is 18.7 Å². The Morgan fingerprint density at radius 1 is 1.24 bits per heavy atom. The van der Waals surface area contributed by atoms with E-state index in [-0.39, 0.29) is 0 Å². The van der Waals surface area contributed by atoms with Gasteiger partial charge < -0.3 is 5.32 Å². The Morgan fingerprint density at radius 2 is 1.82 bits per heavy atom. The first-order valence-corrected chi connectivity index (χ1v) is 9.53. The molecule has 0 saturated carbocycles. The summed E-state index contributed by atoms with van der Waals surface area (Å²) < 4.78 is 24.8. The molecule has 0 radical (unpaired) electrons. The molecule has 17 heavy (non-hydrogen) atoms. The maximum Gasteiger partial charge on any atom is 0.210 e. The molecule has 0 aliphatic rings. The number of hydrogen-bond donors (Lipinski definition) is 2. The van der Waals surface area contributed by atoms with Gasteiger partial charge in [0.2, 0.25) is 8.87 Å². The van der Waals surface area contributed by atoms with Crippen LogP contribution in [0.25, 0.3) is 0 Å². The van der Waals surface area contributed by atoms with Gasteiger partial charge in [-0.05, 0) is 31.9 Å². The number of aryl methyl sites for hydroxylation is 1. The quantitative estimate of drug-likeness (QED) is 0.616. The van der Waals surface area contributed by atoms with Gasteiger partial charge in [0.25, 0.3) is 0 Å². The van der Waals surface area contributed by atoms with Crippen molar-refractivity contribution in [3.8, 4) is 0 Å². The van der Waals surface area contributed by atoms with E-state index in [1.165, 1.54) is 0 Å². The molecule has 1 atom stereocenters. The molecule has 0 bridgehead atoms.